The number of aromatic nitrogens is 4. The van der Waals surface area contributed by atoms with Crippen molar-refractivity contribution in [1.29, 1.82) is 5.26 Å². The van der Waals surface area contributed by atoms with Crippen LogP contribution in [0.25, 0.3) is 16.7 Å². The molecule has 0 saturated carbocycles. The number of hydrogen-bond acceptors (Lipinski definition) is 7. The highest BCUT2D eigenvalue weighted by atomic mass is 32.2. The first kappa shape index (κ1) is 20.1. The first-order valence-electron chi connectivity index (χ1n) is 10.1. The van der Waals surface area contributed by atoms with Gasteiger partial charge in [0.1, 0.15) is 6.54 Å². The molecule has 1 fully saturated rings. The lowest BCUT2D eigenvalue weighted by Gasteiger charge is -2.27. The molecular formula is C22H19N7O2S. The number of anilines is 2. The van der Waals surface area contributed by atoms with Crippen molar-refractivity contribution in [2.45, 2.75) is 6.54 Å². The van der Waals surface area contributed by atoms with Gasteiger partial charge in [-0.25, -0.2) is 18.9 Å². The fraction of sp³-hybridized carbons (Fsp3) is 0.227. The average Bonchev–Trinajstić information content (AvgIpc) is 3.15. The monoisotopic (exact) mass is 445 g/mol. The summed E-state index contributed by atoms with van der Waals surface area (Å²) >= 11 is 1.89. The third-order valence-corrected chi connectivity index (χ3v) is 6.21. The first-order valence-corrected chi connectivity index (χ1v) is 11.3. The third kappa shape index (κ3) is 3.67. The van der Waals surface area contributed by atoms with E-state index in [9.17, 15) is 9.59 Å². The number of rotatable bonds is 4. The highest BCUT2D eigenvalue weighted by Crippen LogP contribution is 2.24. The number of para-hydroxylation sites is 2. The Morgan fingerprint density at radius 3 is 2.78 bits per heavy atom. The van der Waals surface area contributed by atoms with Gasteiger partial charge in [0.05, 0.1) is 22.7 Å². The number of nitrogens with zero attached hydrogens (tertiary/aromatic N) is 6. The number of thioether (sulfide) groups is 1. The number of carbonyl (C=O) groups is 1. The standard InChI is InChI=1S/C22H19N7O2S/c23-13-15-4-3-5-16(12-15)24-19(30)14-28-22(31)29-18-7-2-1-6-17(18)25-20(21(29)26-28)27-8-10-32-11-9-27/h1-7,12H,8-11,14H2,(H,24,30). The van der Waals surface area contributed by atoms with E-state index in [2.05, 4.69) is 15.3 Å². The van der Waals surface area contributed by atoms with Crippen LogP contribution >= 0.6 is 11.8 Å². The number of nitrogens with one attached hydrogen (secondary N) is 1. The van der Waals surface area contributed by atoms with Crippen LogP contribution in [0.3, 0.4) is 0 Å². The molecule has 32 heavy (non-hydrogen) atoms. The molecule has 1 N–H and O–H groups in total. The fourth-order valence-corrected chi connectivity index (χ4v) is 4.68. The van der Waals surface area contributed by atoms with Crippen LogP contribution in [0.15, 0.2) is 53.3 Å². The van der Waals surface area contributed by atoms with Gasteiger partial charge in [-0.3, -0.25) is 4.79 Å². The summed E-state index contributed by atoms with van der Waals surface area (Å²) in [6.07, 6.45) is 0. The van der Waals surface area contributed by atoms with E-state index in [1.807, 2.05) is 42.1 Å². The van der Waals surface area contributed by atoms with Crippen LogP contribution in [0.5, 0.6) is 0 Å². The van der Waals surface area contributed by atoms with E-state index in [-0.39, 0.29) is 6.54 Å². The maximum atomic E-state index is 13.3. The predicted molar refractivity (Wildman–Crippen MR) is 124 cm³/mol. The van der Waals surface area contributed by atoms with Crippen LogP contribution in [-0.2, 0) is 11.3 Å². The first-order chi connectivity index (χ1) is 15.6. The summed E-state index contributed by atoms with van der Waals surface area (Å²) in [5.74, 6) is 2.21. The SMILES string of the molecule is N#Cc1cccc(NC(=O)Cn2nc3c(N4CCSCC4)nc4ccccc4n3c2=O)c1. The van der Waals surface area contributed by atoms with E-state index in [4.69, 9.17) is 10.2 Å². The van der Waals surface area contributed by atoms with Gasteiger partial charge in [0.2, 0.25) is 11.6 Å². The van der Waals surface area contributed by atoms with Crippen LogP contribution in [0, 0.1) is 11.3 Å². The van der Waals surface area contributed by atoms with Gasteiger partial charge in [-0.2, -0.15) is 17.0 Å². The van der Waals surface area contributed by atoms with E-state index in [0.717, 1.165) is 29.3 Å². The molecule has 1 amide bonds. The molecule has 0 unspecified atom stereocenters. The summed E-state index contributed by atoms with van der Waals surface area (Å²) in [5.41, 5.74) is 2.33. The van der Waals surface area contributed by atoms with Gasteiger partial charge in [-0.15, -0.1) is 5.10 Å². The van der Waals surface area contributed by atoms with Crippen molar-refractivity contribution in [2.24, 2.45) is 0 Å². The Labute approximate surface area is 187 Å². The Morgan fingerprint density at radius 2 is 1.97 bits per heavy atom. The van der Waals surface area contributed by atoms with Crippen molar-refractivity contribution >= 4 is 45.9 Å². The van der Waals surface area contributed by atoms with E-state index in [1.54, 1.807) is 24.3 Å². The van der Waals surface area contributed by atoms with E-state index >= 15 is 0 Å². The largest absolute Gasteiger partial charge is 0.352 e. The molecule has 0 radical (unpaired) electrons. The molecular weight excluding hydrogens is 426 g/mol. The van der Waals surface area contributed by atoms with Crippen molar-refractivity contribution in [3.63, 3.8) is 0 Å². The van der Waals surface area contributed by atoms with Gasteiger partial charge in [0, 0.05) is 30.3 Å². The minimum absolute atomic E-state index is 0.249. The van der Waals surface area contributed by atoms with Gasteiger partial charge < -0.3 is 10.2 Å². The lowest BCUT2D eigenvalue weighted by atomic mass is 10.2. The van der Waals surface area contributed by atoms with Crippen LogP contribution < -0.4 is 15.9 Å². The molecule has 2 aromatic carbocycles. The van der Waals surface area contributed by atoms with Gasteiger partial charge >= 0.3 is 5.69 Å². The van der Waals surface area contributed by atoms with Gasteiger partial charge in [0.25, 0.3) is 0 Å². The molecule has 0 spiro atoms. The molecule has 9 nitrogen and oxygen atoms in total. The maximum Gasteiger partial charge on any atom is 0.351 e. The van der Waals surface area contributed by atoms with E-state index in [1.165, 1.54) is 4.40 Å². The Morgan fingerprint density at radius 1 is 1.16 bits per heavy atom. The zero-order chi connectivity index (χ0) is 22.1. The second-order valence-corrected chi connectivity index (χ2v) is 8.59. The van der Waals surface area contributed by atoms with Crippen molar-refractivity contribution in [1.82, 2.24) is 19.2 Å². The maximum absolute atomic E-state index is 13.3. The van der Waals surface area contributed by atoms with Crippen molar-refractivity contribution in [3.05, 3.63) is 64.6 Å². The summed E-state index contributed by atoms with van der Waals surface area (Å²) in [6.45, 7) is 1.39. The summed E-state index contributed by atoms with van der Waals surface area (Å²) < 4.78 is 2.69. The predicted octanol–water partition coefficient (Wildman–Crippen LogP) is 2.11. The van der Waals surface area contributed by atoms with Crippen molar-refractivity contribution in [2.75, 3.05) is 34.8 Å². The minimum atomic E-state index is -0.404. The van der Waals surface area contributed by atoms with Gasteiger partial charge in [0.15, 0.2) is 5.82 Å². The molecule has 1 saturated heterocycles. The Kier molecular flexibility index (Phi) is 5.25. The summed E-state index contributed by atoms with van der Waals surface area (Å²) in [4.78, 5) is 32.8. The Hall–Kier alpha value is -3.84. The van der Waals surface area contributed by atoms with Crippen LogP contribution in [0.4, 0.5) is 11.5 Å². The lowest BCUT2D eigenvalue weighted by molar-refractivity contribution is -0.117. The Balaban J connectivity index is 1.54. The normalized spacial score (nSPS) is 13.9. The molecule has 1 aliphatic heterocycles. The zero-order valence-electron chi connectivity index (χ0n) is 17.1. The van der Waals surface area contributed by atoms with Gasteiger partial charge in [-0.1, -0.05) is 18.2 Å². The van der Waals surface area contributed by atoms with Crippen LogP contribution in [0.1, 0.15) is 5.56 Å². The molecule has 1 aliphatic rings. The highest BCUT2D eigenvalue weighted by Gasteiger charge is 2.22. The summed E-state index contributed by atoms with van der Waals surface area (Å²) in [7, 11) is 0. The van der Waals surface area contributed by atoms with E-state index < -0.39 is 11.6 Å². The van der Waals surface area contributed by atoms with Crippen molar-refractivity contribution < 1.29 is 4.79 Å². The number of amides is 1. The second kappa shape index (κ2) is 8.36. The molecule has 160 valence electrons. The summed E-state index contributed by atoms with van der Waals surface area (Å²) in [5, 5.41) is 16.3. The fourth-order valence-electron chi connectivity index (χ4n) is 3.77. The smallest absolute Gasteiger partial charge is 0.351 e. The quantitative estimate of drug-likeness (QED) is 0.512. The minimum Gasteiger partial charge on any atom is -0.352 e. The molecule has 0 aliphatic carbocycles. The van der Waals surface area contributed by atoms with Crippen LogP contribution in [0.2, 0.25) is 0 Å². The molecule has 0 atom stereocenters. The number of fused-ring (bicyclic) bond motifs is 3. The third-order valence-electron chi connectivity index (χ3n) is 5.27. The molecule has 5 rings (SSSR count). The number of hydrogen-bond donors (Lipinski definition) is 1. The Bertz CT molecular complexity index is 1430. The summed E-state index contributed by atoms with van der Waals surface area (Å²) in [6, 6.07) is 16.1. The van der Waals surface area contributed by atoms with E-state index in [0.29, 0.717) is 33.7 Å². The number of benzene rings is 2. The zero-order valence-corrected chi connectivity index (χ0v) is 17.9. The number of nitriles is 1. The average molecular weight is 446 g/mol. The number of carbonyl (C=O) groups excluding carboxylic acids is 1. The molecule has 10 heteroatoms. The molecule has 4 aromatic rings. The second-order valence-electron chi connectivity index (χ2n) is 7.36. The molecule has 0 bridgehead atoms. The molecule has 2 aromatic heterocycles. The van der Waals surface area contributed by atoms with Gasteiger partial charge in [-0.05, 0) is 30.3 Å². The van der Waals surface area contributed by atoms with Crippen LogP contribution in [-0.4, -0.2) is 49.7 Å². The highest BCUT2D eigenvalue weighted by molar-refractivity contribution is 7.99. The molecule has 3 heterocycles. The topological polar surface area (TPSA) is 108 Å². The van der Waals surface area contributed by atoms with Crippen molar-refractivity contribution in [3.8, 4) is 6.07 Å². The lowest BCUT2D eigenvalue weighted by Crippen LogP contribution is -2.33.